The predicted molar refractivity (Wildman–Crippen MR) is 106 cm³/mol. The van der Waals surface area contributed by atoms with Gasteiger partial charge < -0.3 is 15.3 Å². The molecule has 0 aromatic rings. The molecular weight excluding hydrogens is 344 g/mol. The number of rotatable bonds is 12. The minimum absolute atomic E-state index is 0.0420. The van der Waals surface area contributed by atoms with Crippen molar-refractivity contribution in [3.63, 3.8) is 0 Å². The maximum atomic E-state index is 12.7. The Hall–Kier alpha value is -1.46. The third-order valence-electron chi connectivity index (χ3n) is 5.52. The van der Waals surface area contributed by atoms with Gasteiger partial charge in [0.2, 0.25) is 0 Å². The van der Waals surface area contributed by atoms with Crippen molar-refractivity contribution >= 4 is 11.8 Å². The first-order valence-corrected chi connectivity index (χ1v) is 10.2. The highest BCUT2D eigenvalue weighted by Crippen LogP contribution is 2.44. The van der Waals surface area contributed by atoms with E-state index in [0.29, 0.717) is 25.7 Å². The number of unbranched alkanes of at least 4 members (excludes halogenated alkanes) is 3. The van der Waals surface area contributed by atoms with Gasteiger partial charge in [-0.15, -0.1) is 0 Å². The number of allylic oxidation sites excluding steroid dienone is 2. The average Bonchev–Trinajstić information content (AvgIpc) is 2.76. The molecule has 0 heterocycles. The molecule has 1 rings (SSSR count). The fourth-order valence-electron chi connectivity index (χ4n) is 3.69. The second-order valence-electron chi connectivity index (χ2n) is 8.16. The van der Waals surface area contributed by atoms with Crippen LogP contribution in [0.3, 0.4) is 0 Å². The molecule has 3 N–H and O–H groups in total. The van der Waals surface area contributed by atoms with Gasteiger partial charge in [0.05, 0.1) is 17.6 Å². The van der Waals surface area contributed by atoms with Crippen LogP contribution in [-0.2, 0) is 9.59 Å². The van der Waals surface area contributed by atoms with Crippen molar-refractivity contribution in [3.8, 4) is 0 Å². The van der Waals surface area contributed by atoms with E-state index in [-0.39, 0.29) is 24.0 Å². The first kappa shape index (κ1) is 23.6. The van der Waals surface area contributed by atoms with Gasteiger partial charge >= 0.3 is 5.97 Å². The largest absolute Gasteiger partial charge is 0.481 e. The molecule has 0 radical (unpaired) electrons. The summed E-state index contributed by atoms with van der Waals surface area (Å²) in [4.78, 5) is 23.3. The van der Waals surface area contributed by atoms with Crippen molar-refractivity contribution < 1.29 is 24.9 Å². The van der Waals surface area contributed by atoms with Crippen LogP contribution in [0.15, 0.2) is 24.3 Å². The number of aliphatic hydroxyl groups is 2. The molecule has 0 aromatic carbocycles. The zero-order valence-corrected chi connectivity index (χ0v) is 16.9. The standard InChI is InChI=1S/C22H36O5/c1-4-5-8-11-16(23)14-15-18-17(20(26)22(2,3)21(18)27)12-9-6-7-10-13-19(24)25/h6,9,14-18,21,23,27H,4-5,7-8,10-13H2,1-3H3,(H,24,25)/t16?,17-,18-,21+/m1/s1. The smallest absolute Gasteiger partial charge is 0.303 e. The number of hydrogen-bond donors (Lipinski definition) is 3. The van der Waals surface area contributed by atoms with Gasteiger partial charge in [-0.05, 0) is 25.7 Å². The highest BCUT2D eigenvalue weighted by atomic mass is 16.4. The summed E-state index contributed by atoms with van der Waals surface area (Å²) in [5.74, 6) is -1.39. The second kappa shape index (κ2) is 11.4. The minimum Gasteiger partial charge on any atom is -0.481 e. The van der Waals surface area contributed by atoms with Gasteiger partial charge in [-0.1, -0.05) is 64.3 Å². The zero-order chi connectivity index (χ0) is 20.4. The van der Waals surface area contributed by atoms with Gasteiger partial charge in [0, 0.05) is 18.3 Å². The maximum Gasteiger partial charge on any atom is 0.303 e. The zero-order valence-electron chi connectivity index (χ0n) is 16.9. The van der Waals surface area contributed by atoms with Crippen molar-refractivity contribution in [3.05, 3.63) is 24.3 Å². The Bertz CT molecular complexity index is 535. The molecule has 0 bridgehead atoms. The van der Waals surface area contributed by atoms with E-state index in [0.717, 1.165) is 19.3 Å². The van der Waals surface area contributed by atoms with Crippen LogP contribution in [-0.4, -0.2) is 39.3 Å². The molecule has 0 amide bonds. The summed E-state index contributed by atoms with van der Waals surface area (Å²) < 4.78 is 0. The Morgan fingerprint density at radius 3 is 2.56 bits per heavy atom. The molecule has 0 aromatic heterocycles. The van der Waals surface area contributed by atoms with E-state index in [9.17, 15) is 19.8 Å². The fraction of sp³-hybridized carbons (Fsp3) is 0.727. The quantitative estimate of drug-likeness (QED) is 0.353. The molecule has 5 nitrogen and oxygen atoms in total. The Morgan fingerprint density at radius 2 is 1.93 bits per heavy atom. The lowest BCUT2D eigenvalue weighted by Gasteiger charge is -2.22. The highest BCUT2D eigenvalue weighted by Gasteiger charge is 2.52. The Labute approximate surface area is 163 Å². The van der Waals surface area contributed by atoms with Crippen molar-refractivity contribution in [2.24, 2.45) is 17.3 Å². The number of carboxylic acid groups (broad SMARTS) is 1. The van der Waals surface area contributed by atoms with Gasteiger partial charge in [-0.2, -0.15) is 0 Å². The summed E-state index contributed by atoms with van der Waals surface area (Å²) in [6.45, 7) is 5.66. The molecule has 0 aliphatic heterocycles. The number of carbonyl (C=O) groups excluding carboxylic acids is 1. The summed E-state index contributed by atoms with van der Waals surface area (Å²) in [5.41, 5.74) is -0.802. The van der Waals surface area contributed by atoms with Crippen LogP contribution in [0, 0.1) is 17.3 Å². The Balaban J connectivity index is 2.69. The third-order valence-corrected chi connectivity index (χ3v) is 5.52. The van der Waals surface area contributed by atoms with E-state index in [1.165, 1.54) is 0 Å². The Morgan fingerprint density at radius 1 is 1.22 bits per heavy atom. The molecule has 0 saturated heterocycles. The number of aliphatic carboxylic acids is 1. The van der Waals surface area contributed by atoms with Crippen molar-refractivity contribution in [2.75, 3.05) is 0 Å². The van der Waals surface area contributed by atoms with E-state index in [1.807, 2.05) is 18.2 Å². The van der Waals surface area contributed by atoms with Crippen LogP contribution in [0.25, 0.3) is 0 Å². The molecular formula is C22H36O5. The maximum absolute atomic E-state index is 12.7. The molecule has 4 atom stereocenters. The van der Waals surface area contributed by atoms with Gasteiger partial charge in [-0.25, -0.2) is 0 Å². The lowest BCUT2D eigenvalue weighted by molar-refractivity contribution is -0.137. The molecule has 0 spiro atoms. The van der Waals surface area contributed by atoms with Gasteiger partial charge in [0.1, 0.15) is 5.78 Å². The van der Waals surface area contributed by atoms with Crippen molar-refractivity contribution in [1.29, 1.82) is 0 Å². The highest BCUT2D eigenvalue weighted by molar-refractivity contribution is 5.90. The van der Waals surface area contributed by atoms with Gasteiger partial charge in [0.25, 0.3) is 0 Å². The predicted octanol–water partition coefficient (Wildman–Crippen LogP) is 3.89. The minimum atomic E-state index is -0.804. The summed E-state index contributed by atoms with van der Waals surface area (Å²) in [5, 5.41) is 29.4. The van der Waals surface area contributed by atoms with Crippen LogP contribution >= 0.6 is 0 Å². The fourth-order valence-corrected chi connectivity index (χ4v) is 3.69. The molecule has 1 unspecified atom stereocenters. The lowest BCUT2D eigenvalue weighted by Crippen LogP contribution is -2.31. The first-order chi connectivity index (χ1) is 12.7. The summed E-state index contributed by atoms with van der Waals surface area (Å²) in [6, 6.07) is 0. The van der Waals surface area contributed by atoms with Crippen LogP contribution in [0.1, 0.15) is 72.1 Å². The third kappa shape index (κ3) is 7.23. The number of carboxylic acids is 1. The van der Waals surface area contributed by atoms with E-state index in [2.05, 4.69) is 6.92 Å². The van der Waals surface area contributed by atoms with Crippen molar-refractivity contribution in [2.45, 2.75) is 84.3 Å². The van der Waals surface area contributed by atoms with Crippen LogP contribution in [0.5, 0.6) is 0 Å². The topological polar surface area (TPSA) is 94.8 Å². The van der Waals surface area contributed by atoms with Gasteiger partial charge in [-0.3, -0.25) is 9.59 Å². The van der Waals surface area contributed by atoms with Crippen LogP contribution in [0.2, 0.25) is 0 Å². The monoisotopic (exact) mass is 380 g/mol. The lowest BCUT2D eigenvalue weighted by atomic mass is 9.86. The Kier molecular flexibility index (Phi) is 9.95. The van der Waals surface area contributed by atoms with E-state index in [1.54, 1.807) is 19.9 Å². The summed E-state index contributed by atoms with van der Waals surface area (Å²) in [6.07, 6.45) is 11.8. The average molecular weight is 381 g/mol. The number of hydrogen-bond acceptors (Lipinski definition) is 4. The second-order valence-corrected chi connectivity index (χ2v) is 8.16. The summed E-state index contributed by atoms with van der Waals surface area (Å²) in [7, 11) is 0. The van der Waals surface area contributed by atoms with E-state index in [4.69, 9.17) is 5.11 Å². The van der Waals surface area contributed by atoms with Crippen molar-refractivity contribution in [1.82, 2.24) is 0 Å². The first-order valence-electron chi connectivity index (χ1n) is 10.2. The molecule has 1 aliphatic carbocycles. The number of aliphatic hydroxyl groups excluding tert-OH is 2. The number of ketones is 1. The molecule has 1 fully saturated rings. The molecule has 1 saturated carbocycles. The molecule has 1 aliphatic rings. The number of carbonyl (C=O) groups is 2. The normalized spacial score (nSPS) is 26.3. The molecule has 154 valence electrons. The molecule has 5 heteroatoms. The van der Waals surface area contributed by atoms with Crippen LogP contribution < -0.4 is 0 Å². The SMILES string of the molecule is CCCCCC(O)C=C[C@@H]1[C@@H](CC=CCCCC(=O)O)C(=O)C(C)(C)[C@H]1O. The van der Waals surface area contributed by atoms with E-state index < -0.39 is 23.6 Å². The molecule has 27 heavy (non-hydrogen) atoms. The van der Waals surface area contributed by atoms with Gasteiger partial charge in [0.15, 0.2) is 0 Å². The van der Waals surface area contributed by atoms with E-state index >= 15 is 0 Å². The number of Topliss-reactive ketones (excluding diaryl/α,β-unsaturated/α-hetero) is 1. The summed E-state index contributed by atoms with van der Waals surface area (Å²) >= 11 is 0. The van der Waals surface area contributed by atoms with Crippen LogP contribution in [0.4, 0.5) is 0 Å².